The maximum Gasteiger partial charge on any atom is 0.343 e. The van der Waals surface area contributed by atoms with E-state index in [1.807, 2.05) is 0 Å². The van der Waals surface area contributed by atoms with E-state index in [1.54, 1.807) is 0 Å². The quantitative estimate of drug-likeness (QED) is 0.0177. The molecule has 8 aromatic rings. The number of benzene rings is 8. The van der Waals surface area contributed by atoms with Crippen molar-refractivity contribution < 1.29 is 131 Å². The van der Waals surface area contributed by atoms with Crippen molar-refractivity contribution in [1.29, 1.82) is 0 Å². The lowest BCUT2D eigenvalue weighted by Gasteiger charge is -2.68. The van der Waals surface area contributed by atoms with Crippen LogP contribution in [0.15, 0.2) is 194 Å². The molecule has 2 aliphatic rings. The summed E-state index contributed by atoms with van der Waals surface area (Å²) in [6, 6.07) is 34.3. The molecule has 0 radical (unpaired) electrons. The molecule has 103 heavy (non-hydrogen) atoms. The lowest BCUT2D eigenvalue weighted by Crippen LogP contribution is -2.99. The van der Waals surface area contributed by atoms with Gasteiger partial charge in [-0.1, -0.05) is 97.1 Å². The first-order valence-electron chi connectivity index (χ1n) is 31.4. The Morgan fingerprint density at radius 2 is 0.689 bits per heavy atom. The summed E-state index contributed by atoms with van der Waals surface area (Å²) in [5.74, 6) is -33.4. The molecule has 0 amide bonds. The van der Waals surface area contributed by atoms with Gasteiger partial charge in [0.05, 0.1) is 102 Å². The van der Waals surface area contributed by atoms with Crippen molar-refractivity contribution >= 4 is 46.5 Å². The number of esters is 1. The summed E-state index contributed by atoms with van der Waals surface area (Å²) in [6.07, 6.45) is -7.77. The van der Waals surface area contributed by atoms with Gasteiger partial charge in [-0.25, -0.2) is 4.79 Å². The number of hydrogen-bond donors (Lipinski definition) is 7. The third kappa shape index (κ3) is 11.2. The van der Waals surface area contributed by atoms with Crippen LogP contribution in [-0.4, -0.2) is 210 Å². The summed E-state index contributed by atoms with van der Waals surface area (Å²) >= 11 is 0. The van der Waals surface area contributed by atoms with E-state index >= 15 is 53.7 Å². The summed E-state index contributed by atoms with van der Waals surface area (Å²) in [5, 5.41) is 96.3. The van der Waals surface area contributed by atoms with Gasteiger partial charge in [-0.3, -0.25) is 33.6 Å². The highest BCUT2D eigenvalue weighted by Gasteiger charge is 2.98. The second-order valence-corrected chi connectivity index (χ2v) is 23.4. The number of carbonyl (C=O) groups is 8. The topological polar surface area (TPSA) is 389 Å². The van der Waals surface area contributed by atoms with Crippen molar-refractivity contribution in [2.75, 3.05) is 70.1 Å². The third-order valence-corrected chi connectivity index (χ3v) is 18.3. The number of ketones is 7. The van der Waals surface area contributed by atoms with E-state index in [0.717, 1.165) is 196 Å². The predicted octanol–water partition coefficient (Wildman–Crippen LogP) is 5.31. The predicted molar refractivity (Wildman–Crippen MR) is 359 cm³/mol. The van der Waals surface area contributed by atoms with Crippen LogP contribution in [0, 0.1) is 0 Å². The minimum atomic E-state index is -5.67. The van der Waals surface area contributed by atoms with Crippen LogP contribution in [0.25, 0.3) is 0 Å². The first-order chi connectivity index (χ1) is 49.4. The third-order valence-electron chi connectivity index (χ3n) is 18.3. The van der Waals surface area contributed by atoms with Crippen molar-refractivity contribution in [3.8, 4) is 46.0 Å². The van der Waals surface area contributed by atoms with E-state index in [4.69, 9.17) is 56.8 Å². The van der Waals surface area contributed by atoms with Gasteiger partial charge in [0, 0.05) is 0 Å². The Hall–Kier alpha value is -11.1. The van der Waals surface area contributed by atoms with Crippen LogP contribution in [0.1, 0.15) is 82.9 Å². The molecule has 0 spiro atoms. The number of aliphatic hydroxyl groups excluding tert-OH is 4. The maximum absolute atomic E-state index is 18.8. The molecule has 1 unspecified atom stereocenters. The van der Waals surface area contributed by atoms with Crippen LogP contribution in [0.5, 0.6) is 46.0 Å². The molecule has 8 aromatic carbocycles. The van der Waals surface area contributed by atoms with E-state index in [2.05, 4.69) is 0 Å². The van der Waals surface area contributed by atoms with Crippen molar-refractivity contribution in [2.45, 2.75) is 57.9 Å². The molecule has 27 heteroatoms. The molecular formula is C76H70O27. The van der Waals surface area contributed by atoms with E-state index in [9.17, 15) is 20.4 Å². The van der Waals surface area contributed by atoms with Gasteiger partial charge in [0.15, 0.2) is 0 Å². The Bertz CT molecular complexity index is 4550. The number of methoxy groups -OCH3 is 8. The van der Waals surface area contributed by atoms with Gasteiger partial charge in [-0.2, -0.15) is 0 Å². The fourth-order valence-corrected chi connectivity index (χ4v) is 13.4. The van der Waals surface area contributed by atoms with E-state index in [0.29, 0.717) is 0 Å². The number of para-hydroxylation sites is 8. The normalized spacial score (nSPS) is 23.6. The van der Waals surface area contributed by atoms with Crippen LogP contribution >= 0.6 is 0 Å². The second-order valence-electron chi connectivity index (χ2n) is 23.4. The summed E-state index contributed by atoms with van der Waals surface area (Å²) in [4.78, 5) is 145. The van der Waals surface area contributed by atoms with E-state index < -0.39 is 208 Å². The van der Waals surface area contributed by atoms with Crippen LogP contribution in [0.4, 0.5) is 0 Å². The minimum absolute atomic E-state index is 0.533. The molecule has 27 nitrogen and oxygen atoms in total. The summed E-state index contributed by atoms with van der Waals surface area (Å²) in [7, 11) is 7.85. The van der Waals surface area contributed by atoms with Gasteiger partial charge < -0.3 is 92.6 Å². The zero-order valence-corrected chi connectivity index (χ0v) is 56.4. The van der Waals surface area contributed by atoms with Gasteiger partial charge >= 0.3 is 5.97 Å². The van der Waals surface area contributed by atoms with Crippen molar-refractivity contribution in [1.82, 2.24) is 0 Å². The smallest absolute Gasteiger partial charge is 0.343 e. The fourth-order valence-electron chi connectivity index (χ4n) is 13.4. The minimum Gasteiger partial charge on any atom is -0.496 e. The first-order valence-corrected chi connectivity index (χ1v) is 31.4. The van der Waals surface area contributed by atoms with Crippen molar-refractivity contribution in [3.05, 3.63) is 239 Å². The summed E-state index contributed by atoms with van der Waals surface area (Å²) in [5.41, 5.74) is -36.1. The molecule has 0 bridgehead atoms. The number of Topliss-reactive ketones (excluding diaryl/α,β-unsaturated/α-hetero) is 7. The number of aliphatic hydroxyl groups is 7. The largest absolute Gasteiger partial charge is 0.496 e. The molecule has 10 rings (SSSR count). The van der Waals surface area contributed by atoms with Crippen molar-refractivity contribution in [3.63, 3.8) is 0 Å². The number of carbonyl (C=O) groups excluding carboxylic acids is 8. The van der Waals surface area contributed by atoms with E-state index in [1.165, 1.54) is 54.6 Å². The monoisotopic (exact) mass is 1410 g/mol. The van der Waals surface area contributed by atoms with Gasteiger partial charge in [0.25, 0.3) is 11.4 Å². The Morgan fingerprint density at radius 1 is 0.398 bits per heavy atom. The van der Waals surface area contributed by atoms with Crippen LogP contribution < -0.4 is 37.9 Å². The molecule has 0 aromatic heterocycles. The van der Waals surface area contributed by atoms with Crippen LogP contribution in [0.2, 0.25) is 0 Å². The Morgan fingerprint density at radius 3 is 1.03 bits per heavy atom. The molecule has 2 heterocycles. The highest BCUT2D eigenvalue weighted by Crippen LogP contribution is 2.67. The molecule has 9 atom stereocenters. The SMILES string of the molecule is COc1ccccc1C(=O)O[C@@]1(C(=O)c2ccccc2OC)[C@@](O)(C(=O)c2ccccc2OC)[C@](O)(C(=O)c2ccccc2OC)[C@@](OC2(CO)O[C@H](CO)[C@@H](O)[C@@H]2O)(C(=O)c2ccccc2OC)O[C@]1(C(=O)c1ccccc1OC)C(O)(C(=O)c1ccccc1OC)C(=O)c1ccccc1OC. The van der Waals surface area contributed by atoms with Gasteiger partial charge in [0.2, 0.25) is 68.7 Å². The number of rotatable bonds is 29. The molecule has 0 aliphatic carbocycles. The molecule has 536 valence electrons. The molecule has 0 saturated carbocycles. The zero-order valence-electron chi connectivity index (χ0n) is 56.4. The number of ether oxygens (including phenoxy) is 12. The highest BCUT2D eigenvalue weighted by molar-refractivity contribution is 6.34. The van der Waals surface area contributed by atoms with Gasteiger partial charge in [-0.05, 0) is 97.1 Å². The Kier molecular flexibility index (Phi) is 21.4. The summed E-state index contributed by atoms with van der Waals surface area (Å²) < 4.78 is 73.3. The number of hydrogen-bond acceptors (Lipinski definition) is 27. The van der Waals surface area contributed by atoms with Crippen LogP contribution in [-0.2, 0) is 18.9 Å². The highest BCUT2D eigenvalue weighted by atomic mass is 16.8. The molecule has 2 aliphatic heterocycles. The fraction of sp³-hybridized carbons (Fsp3) is 0.263. The molecular weight excluding hydrogens is 1340 g/mol. The van der Waals surface area contributed by atoms with Gasteiger partial charge in [0.1, 0.15) is 76.5 Å². The van der Waals surface area contributed by atoms with Crippen LogP contribution in [0.3, 0.4) is 0 Å². The lowest BCUT2D eigenvalue weighted by atomic mass is 9.46. The molecule has 7 N–H and O–H groups in total. The molecule has 2 saturated heterocycles. The summed E-state index contributed by atoms with van der Waals surface area (Å²) in [6.45, 7) is -3.37. The maximum atomic E-state index is 18.8. The Labute approximate surface area is 587 Å². The standard InChI is InChI=1S/C76H70O27/c1-92-51-33-17-9-25-43(51)61(80)71(89,62(81)44-26-10-18-34-52(44)93-2)74(65(84)47-29-13-21-37-55(47)96-5)75(66(85)48-30-14-22-38-56(48)97-6,101-69(88)50-32-16-24-40-58(50)99-8)72(90,63(82)45-27-11-19-35-53(45)94-3)73(91,64(83)46-28-12-20-36-54(46)95-4)76(103-74,67(86)49-31-15-23-39-57(49)98-7)102-70(42-78)68(87)60(79)59(41-77)100-70/h9-40,59-60,68,77-79,87,89-91H,41-42H2,1-8H3/t59-,60-,68+,70?,72-,73-,74-,75+,76-/m1/s1. The van der Waals surface area contributed by atoms with Gasteiger partial charge in [-0.15, -0.1) is 0 Å². The first kappa shape index (κ1) is 74.6. The second kappa shape index (κ2) is 29.5. The molecule has 2 fully saturated rings. The average Bonchev–Trinajstić information content (AvgIpc) is 0.768. The average molecular weight is 1420 g/mol. The van der Waals surface area contributed by atoms with Crippen molar-refractivity contribution in [2.24, 2.45) is 0 Å². The van der Waals surface area contributed by atoms with E-state index in [-0.39, 0.29) is 0 Å². The lowest BCUT2D eigenvalue weighted by molar-refractivity contribution is -0.456. The Balaban J connectivity index is 1.70. The zero-order chi connectivity index (χ0) is 74.6.